The van der Waals surface area contributed by atoms with E-state index in [9.17, 15) is 9.59 Å². The predicted octanol–water partition coefficient (Wildman–Crippen LogP) is 1.35. The number of para-hydroxylation sites is 1. The Kier molecular flexibility index (Phi) is 5.09. The number of carbonyl (C=O) groups is 2. The molecule has 2 amide bonds. The Morgan fingerprint density at radius 2 is 2.16 bits per heavy atom. The van der Waals surface area contributed by atoms with Gasteiger partial charge in [0.25, 0.3) is 5.24 Å². The molecular weight excluding hydrogens is 264 g/mol. The van der Waals surface area contributed by atoms with Gasteiger partial charge in [0.1, 0.15) is 18.9 Å². The van der Waals surface area contributed by atoms with E-state index >= 15 is 0 Å². The smallest absolute Gasteiger partial charge is 0.282 e. The summed E-state index contributed by atoms with van der Waals surface area (Å²) in [6.07, 6.45) is 0. The van der Waals surface area contributed by atoms with Crippen molar-refractivity contribution >= 4 is 22.9 Å². The summed E-state index contributed by atoms with van der Waals surface area (Å²) >= 11 is 1.26. The van der Waals surface area contributed by atoms with E-state index in [0.717, 1.165) is 11.5 Å². The number of rotatable bonds is 6. The summed E-state index contributed by atoms with van der Waals surface area (Å²) in [4.78, 5) is 24.4. The minimum atomic E-state index is -0.146. The Bertz CT molecular complexity index is 439. The molecule has 6 heteroatoms. The van der Waals surface area contributed by atoms with Crippen molar-refractivity contribution in [3.8, 4) is 5.75 Å². The van der Waals surface area contributed by atoms with Crippen LogP contribution in [0.2, 0.25) is 0 Å². The maximum Gasteiger partial charge on any atom is 0.282 e. The van der Waals surface area contributed by atoms with Gasteiger partial charge >= 0.3 is 0 Å². The van der Waals surface area contributed by atoms with Crippen molar-refractivity contribution in [3.63, 3.8) is 0 Å². The largest absolute Gasteiger partial charge is 0.492 e. The highest BCUT2D eigenvalue weighted by atomic mass is 32.2. The minimum Gasteiger partial charge on any atom is -0.492 e. The molecule has 0 spiro atoms. The monoisotopic (exact) mass is 280 g/mol. The lowest BCUT2D eigenvalue weighted by molar-refractivity contribution is -0.121. The van der Waals surface area contributed by atoms with Gasteiger partial charge in [0.15, 0.2) is 0 Å². The molecule has 1 aliphatic heterocycles. The van der Waals surface area contributed by atoms with E-state index in [4.69, 9.17) is 4.74 Å². The van der Waals surface area contributed by atoms with Crippen molar-refractivity contribution in [1.82, 2.24) is 10.2 Å². The Morgan fingerprint density at radius 1 is 1.37 bits per heavy atom. The fourth-order valence-corrected chi connectivity index (χ4v) is 2.50. The average Bonchev–Trinajstić information content (AvgIpc) is 2.82. The average molecular weight is 280 g/mol. The topological polar surface area (TPSA) is 58.6 Å². The van der Waals surface area contributed by atoms with Gasteiger partial charge in [-0.15, -0.1) is 0 Å². The summed E-state index contributed by atoms with van der Waals surface area (Å²) in [7, 11) is 0. The van der Waals surface area contributed by atoms with Crippen LogP contribution in [0.3, 0.4) is 0 Å². The fraction of sp³-hybridized carbons (Fsp3) is 0.385. The molecule has 1 aromatic rings. The first-order valence-corrected chi connectivity index (χ1v) is 7.10. The van der Waals surface area contributed by atoms with E-state index < -0.39 is 0 Å². The molecule has 2 rings (SSSR count). The van der Waals surface area contributed by atoms with Crippen molar-refractivity contribution in [2.45, 2.75) is 0 Å². The lowest BCUT2D eigenvalue weighted by atomic mass is 10.3. The number of hydrogen-bond acceptors (Lipinski definition) is 4. The number of nitrogens with one attached hydrogen (secondary N) is 1. The summed E-state index contributed by atoms with van der Waals surface area (Å²) in [5.74, 6) is 1.40. The summed E-state index contributed by atoms with van der Waals surface area (Å²) < 4.78 is 5.45. The zero-order valence-corrected chi connectivity index (χ0v) is 11.3. The predicted molar refractivity (Wildman–Crippen MR) is 74.4 cm³/mol. The molecule has 0 unspecified atom stereocenters. The van der Waals surface area contributed by atoms with E-state index in [1.807, 2.05) is 30.3 Å². The molecule has 1 fully saturated rings. The number of ether oxygens (including phenoxy) is 1. The van der Waals surface area contributed by atoms with Crippen LogP contribution in [0.15, 0.2) is 30.3 Å². The molecule has 0 saturated carbocycles. The first kappa shape index (κ1) is 13.7. The second-order valence-corrected chi connectivity index (χ2v) is 5.09. The van der Waals surface area contributed by atoms with Crippen LogP contribution in [0.4, 0.5) is 4.79 Å². The van der Waals surface area contributed by atoms with Crippen LogP contribution in [0, 0.1) is 0 Å². The minimum absolute atomic E-state index is 0.0179. The first-order chi connectivity index (χ1) is 9.25. The van der Waals surface area contributed by atoms with Gasteiger partial charge in [-0.1, -0.05) is 30.0 Å². The van der Waals surface area contributed by atoms with Crippen molar-refractivity contribution in [2.75, 3.05) is 32.0 Å². The molecule has 1 saturated heterocycles. The van der Waals surface area contributed by atoms with E-state index in [-0.39, 0.29) is 17.7 Å². The van der Waals surface area contributed by atoms with Gasteiger partial charge in [0.05, 0.1) is 6.54 Å². The molecule has 1 N–H and O–H groups in total. The van der Waals surface area contributed by atoms with Crippen LogP contribution in [0.1, 0.15) is 0 Å². The Hall–Kier alpha value is -1.69. The third-order valence-corrected chi connectivity index (χ3v) is 3.51. The summed E-state index contributed by atoms with van der Waals surface area (Å²) in [6.45, 7) is 1.63. The fourth-order valence-electron chi connectivity index (χ4n) is 1.67. The van der Waals surface area contributed by atoms with Gasteiger partial charge in [-0.05, 0) is 12.1 Å². The zero-order valence-electron chi connectivity index (χ0n) is 10.5. The molecule has 19 heavy (non-hydrogen) atoms. The maximum atomic E-state index is 11.6. The Morgan fingerprint density at radius 3 is 2.84 bits per heavy atom. The molecule has 0 aliphatic carbocycles. The van der Waals surface area contributed by atoms with E-state index in [0.29, 0.717) is 19.7 Å². The van der Waals surface area contributed by atoms with Crippen LogP contribution in [0.25, 0.3) is 0 Å². The number of hydrogen-bond donors (Lipinski definition) is 1. The van der Waals surface area contributed by atoms with Crippen LogP contribution >= 0.6 is 11.8 Å². The molecule has 1 aliphatic rings. The van der Waals surface area contributed by atoms with Crippen LogP contribution in [0.5, 0.6) is 5.75 Å². The van der Waals surface area contributed by atoms with Gasteiger partial charge < -0.3 is 15.0 Å². The molecule has 0 aromatic heterocycles. The van der Waals surface area contributed by atoms with Crippen molar-refractivity contribution in [2.24, 2.45) is 0 Å². The molecule has 102 valence electrons. The van der Waals surface area contributed by atoms with Gasteiger partial charge in [0.2, 0.25) is 5.91 Å². The van der Waals surface area contributed by atoms with Crippen LogP contribution in [-0.2, 0) is 4.79 Å². The van der Waals surface area contributed by atoms with Crippen molar-refractivity contribution in [3.05, 3.63) is 30.3 Å². The van der Waals surface area contributed by atoms with Crippen LogP contribution < -0.4 is 10.1 Å². The molecule has 1 heterocycles. The standard InChI is InChI=1S/C13H16N2O3S/c16-12(10-15-7-9-19-13(15)17)14-6-8-18-11-4-2-1-3-5-11/h1-5H,6-10H2,(H,14,16). The van der Waals surface area contributed by atoms with E-state index in [1.54, 1.807) is 4.90 Å². The van der Waals surface area contributed by atoms with Crippen LogP contribution in [-0.4, -0.2) is 48.0 Å². The zero-order chi connectivity index (χ0) is 13.5. The van der Waals surface area contributed by atoms with E-state index in [1.165, 1.54) is 11.8 Å². The molecule has 1 aromatic carbocycles. The molecule has 0 radical (unpaired) electrons. The lowest BCUT2D eigenvalue weighted by Gasteiger charge is -2.14. The number of benzene rings is 1. The van der Waals surface area contributed by atoms with E-state index in [2.05, 4.69) is 5.32 Å². The second-order valence-electron chi connectivity index (χ2n) is 4.05. The van der Waals surface area contributed by atoms with Crippen molar-refractivity contribution < 1.29 is 14.3 Å². The first-order valence-electron chi connectivity index (χ1n) is 6.12. The highest BCUT2D eigenvalue weighted by Gasteiger charge is 2.22. The summed E-state index contributed by atoms with van der Waals surface area (Å²) in [6, 6.07) is 9.43. The molecule has 0 atom stereocenters. The molecule has 5 nitrogen and oxygen atoms in total. The van der Waals surface area contributed by atoms with Crippen molar-refractivity contribution in [1.29, 1.82) is 0 Å². The number of carbonyl (C=O) groups excluding carboxylic acids is 2. The third kappa shape index (κ3) is 4.48. The second kappa shape index (κ2) is 7.04. The number of amides is 2. The SMILES string of the molecule is O=C(CN1CCSC1=O)NCCOc1ccccc1. The quantitative estimate of drug-likeness (QED) is 0.799. The summed E-state index contributed by atoms with van der Waals surface area (Å²) in [5, 5.41) is 2.72. The van der Waals surface area contributed by atoms with Gasteiger partial charge in [-0.25, -0.2) is 0 Å². The highest BCUT2D eigenvalue weighted by Crippen LogP contribution is 2.16. The Balaban J connectivity index is 1.60. The summed E-state index contributed by atoms with van der Waals surface area (Å²) in [5.41, 5.74) is 0. The maximum absolute atomic E-state index is 11.6. The number of thioether (sulfide) groups is 1. The highest BCUT2D eigenvalue weighted by molar-refractivity contribution is 8.13. The van der Waals surface area contributed by atoms with Gasteiger partial charge in [-0.2, -0.15) is 0 Å². The molecular formula is C13H16N2O3S. The Labute approximate surface area is 116 Å². The number of nitrogens with zero attached hydrogens (tertiary/aromatic N) is 1. The third-order valence-electron chi connectivity index (χ3n) is 2.62. The van der Waals surface area contributed by atoms with Gasteiger partial charge in [0, 0.05) is 12.3 Å². The van der Waals surface area contributed by atoms with Gasteiger partial charge in [-0.3, -0.25) is 9.59 Å². The normalized spacial score (nSPS) is 14.5. The lowest BCUT2D eigenvalue weighted by Crippen LogP contribution is -2.38. The molecule has 0 bridgehead atoms.